The maximum absolute atomic E-state index is 11.9. The van der Waals surface area contributed by atoms with E-state index in [4.69, 9.17) is 16.7 Å². The number of thioether (sulfide) groups is 1. The van der Waals surface area contributed by atoms with E-state index in [0.717, 1.165) is 4.90 Å². The summed E-state index contributed by atoms with van der Waals surface area (Å²) in [4.78, 5) is 24.0. The zero-order chi connectivity index (χ0) is 16.0. The van der Waals surface area contributed by atoms with Crippen molar-refractivity contribution in [3.05, 3.63) is 29.3 Å². The van der Waals surface area contributed by atoms with Gasteiger partial charge in [-0.1, -0.05) is 44.5 Å². The van der Waals surface area contributed by atoms with Gasteiger partial charge >= 0.3 is 5.97 Å². The molecule has 0 aliphatic rings. The van der Waals surface area contributed by atoms with Gasteiger partial charge in [0.1, 0.15) is 6.04 Å². The molecule has 0 spiro atoms. The lowest BCUT2D eigenvalue weighted by Gasteiger charge is -2.27. The standard InChI is InChI=1S/C15H20ClNO3S/c1-15(2,3)13(14(19)20)17-12(18)8-9-21-11-7-5-4-6-10(11)16/h4-7,13H,8-9H2,1-3H3,(H,17,18)(H,19,20). The molecule has 0 saturated carbocycles. The zero-order valence-electron chi connectivity index (χ0n) is 12.4. The number of rotatable bonds is 6. The van der Waals surface area contributed by atoms with Gasteiger partial charge in [0.2, 0.25) is 5.91 Å². The van der Waals surface area contributed by atoms with Crippen molar-refractivity contribution in [1.82, 2.24) is 5.32 Å². The van der Waals surface area contributed by atoms with Gasteiger partial charge in [-0.2, -0.15) is 0 Å². The van der Waals surface area contributed by atoms with Crippen LogP contribution in [-0.2, 0) is 9.59 Å². The number of carboxylic acid groups (broad SMARTS) is 1. The Bertz CT molecular complexity index is 514. The van der Waals surface area contributed by atoms with Crippen LogP contribution in [0.2, 0.25) is 5.02 Å². The summed E-state index contributed by atoms with van der Waals surface area (Å²) < 4.78 is 0. The van der Waals surface area contributed by atoms with Crippen LogP contribution < -0.4 is 5.32 Å². The van der Waals surface area contributed by atoms with Crippen LogP contribution in [0, 0.1) is 5.41 Å². The molecule has 1 atom stereocenters. The van der Waals surface area contributed by atoms with Gasteiger partial charge in [0.05, 0.1) is 5.02 Å². The van der Waals surface area contributed by atoms with Crippen molar-refractivity contribution in [3.8, 4) is 0 Å². The lowest BCUT2D eigenvalue weighted by Crippen LogP contribution is -2.49. The second kappa shape index (κ2) is 7.71. The topological polar surface area (TPSA) is 66.4 Å². The largest absolute Gasteiger partial charge is 0.480 e. The van der Waals surface area contributed by atoms with E-state index >= 15 is 0 Å². The van der Waals surface area contributed by atoms with E-state index in [1.807, 2.05) is 18.2 Å². The highest BCUT2D eigenvalue weighted by Crippen LogP contribution is 2.27. The van der Waals surface area contributed by atoms with Gasteiger partial charge in [-0.05, 0) is 17.5 Å². The van der Waals surface area contributed by atoms with E-state index in [0.29, 0.717) is 10.8 Å². The summed E-state index contributed by atoms with van der Waals surface area (Å²) >= 11 is 7.50. The molecule has 1 aromatic rings. The monoisotopic (exact) mass is 329 g/mol. The molecule has 6 heteroatoms. The number of carbonyl (C=O) groups is 2. The number of nitrogens with one attached hydrogen (secondary N) is 1. The predicted molar refractivity (Wildman–Crippen MR) is 85.8 cm³/mol. The van der Waals surface area contributed by atoms with Gasteiger partial charge in [-0.25, -0.2) is 4.79 Å². The molecule has 0 aromatic heterocycles. The molecule has 1 unspecified atom stereocenters. The number of amides is 1. The van der Waals surface area contributed by atoms with Crippen molar-refractivity contribution in [2.75, 3.05) is 5.75 Å². The molecule has 4 nitrogen and oxygen atoms in total. The zero-order valence-corrected chi connectivity index (χ0v) is 13.9. The van der Waals surface area contributed by atoms with Gasteiger partial charge in [0.15, 0.2) is 0 Å². The van der Waals surface area contributed by atoms with Gasteiger partial charge < -0.3 is 10.4 Å². The molecule has 21 heavy (non-hydrogen) atoms. The van der Waals surface area contributed by atoms with Crippen LogP contribution in [0.3, 0.4) is 0 Å². The predicted octanol–water partition coefficient (Wildman–Crippen LogP) is 3.44. The molecule has 116 valence electrons. The number of carbonyl (C=O) groups excluding carboxylic acids is 1. The van der Waals surface area contributed by atoms with Crippen molar-refractivity contribution in [2.45, 2.75) is 38.1 Å². The molecule has 0 bridgehead atoms. The van der Waals surface area contributed by atoms with Gasteiger partial charge in [-0.15, -0.1) is 11.8 Å². The van der Waals surface area contributed by atoms with Gasteiger partial charge in [0, 0.05) is 17.1 Å². The molecule has 0 saturated heterocycles. The number of benzene rings is 1. The summed E-state index contributed by atoms with van der Waals surface area (Å²) in [5.41, 5.74) is -0.530. The van der Waals surface area contributed by atoms with Crippen LogP contribution in [0.1, 0.15) is 27.2 Å². The third-order valence-corrected chi connectivity index (χ3v) is 4.36. The summed E-state index contributed by atoms with van der Waals surface area (Å²) in [5, 5.41) is 12.4. The van der Waals surface area contributed by atoms with Crippen LogP contribution in [-0.4, -0.2) is 28.8 Å². The minimum atomic E-state index is -1.02. The first-order valence-corrected chi connectivity index (χ1v) is 7.97. The first-order chi connectivity index (χ1) is 9.71. The molecule has 2 N–H and O–H groups in total. The van der Waals surface area contributed by atoms with Crippen molar-refractivity contribution < 1.29 is 14.7 Å². The highest BCUT2D eigenvalue weighted by Gasteiger charge is 2.32. The number of halogens is 1. The van der Waals surface area contributed by atoms with Crippen molar-refractivity contribution in [3.63, 3.8) is 0 Å². The van der Waals surface area contributed by atoms with Crippen LogP contribution in [0.15, 0.2) is 29.2 Å². The van der Waals surface area contributed by atoms with E-state index in [1.54, 1.807) is 26.8 Å². The van der Waals surface area contributed by atoms with Crippen LogP contribution >= 0.6 is 23.4 Å². The van der Waals surface area contributed by atoms with Gasteiger partial charge in [0.25, 0.3) is 0 Å². The Morgan fingerprint density at radius 2 is 1.95 bits per heavy atom. The fourth-order valence-corrected chi connectivity index (χ4v) is 2.88. The molecule has 1 rings (SSSR count). The lowest BCUT2D eigenvalue weighted by atomic mass is 9.87. The number of carboxylic acids is 1. The second-order valence-corrected chi connectivity index (χ2v) is 7.28. The van der Waals surface area contributed by atoms with E-state index in [1.165, 1.54) is 11.8 Å². The Kier molecular flexibility index (Phi) is 6.55. The van der Waals surface area contributed by atoms with E-state index in [2.05, 4.69) is 5.32 Å². The molecular formula is C15H20ClNO3S. The molecule has 1 aromatic carbocycles. The minimum absolute atomic E-state index is 0.246. The average molecular weight is 330 g/mol. The highest BCUT2D eigenvalue weighted by atomic mass is 35.5. The maximum Gasteiger partial charge on any atom is 0.326 e. The lowest BCUT2D eigenvalue weighted by molar-refractivity contribution is -0.144. The third kappa shape index (κ3) is 5.98. The third-order valence-electron chi connectivity index (χ3n) is 2.84. The summed E-state index contributed by atoms with van der Waals surface area (Å²) in [7, 11) is 0. The molecule has 0 radical (unpaired) electrons. The van der Waals surface area contributed by atoms with E-state index in [9.17, 15) is 9.59 Å². The summed E-state index contributed by atoms with van der Waals surface area (Å²) in [6, 6.07) is 6.52. The summed E-state index contributed by atoms with van der Waals surface area (Å²) in [6.07, 6.45) is 0.246. The normalized spacial score (nSPS) is 12.8. The van der Waals surface area contributed by atoms with E-state index < -0.39 is 17.4 Å². The molecule has 0 heterocycles. The highest BCUT2D eigenvalue weighted by molar-refractivity contribution is 7.99. The maximum atomic E-state index is 11.9. The smallest absolute Gasteiger partial charge is 0.326 e. The molecule has 1 amide bonds. The summed E-state index contributed by atoms with van der Waals surface area (Å²) in [5.74, 6) is -0.738. The van der Waals surface area contributed by atoms with Crippen molar-refractivity contribution in [1.29, 1.82) is 0 Å². The molecule has 0 fully saturated rings. The van der Waals surface area contributed by atoms with Gasteiger partial charge in [-0.3, -0.25) is 4.79 Å². The fourth-order valence-electron chi connectivity index (χ4n) is 1.70. The average Bonchev–Trinajstić information content (AvgIpc) is 2.36. The Balaban J connectivity index is 2.47. The Labute approximate surface area is 134 Å². The quantitative estimate of drug-likeness (QED) is 0.785. The van der Waals surface area contributed by atoms with Crippen LogP contribution in [0.25, 0.3) is 0 Å². The number of aliphatic carboxylic acids is 1. The Hall–Kier alpha value is -1.20. The van der Waals surface area contributed by atoms with Crippen LogP contribution in [0.4, 0.5) is 0 Å². The fraction of sp³-hybridized carbons (Fsp3) is 0.467. The first-order valence-electron chi connectivity index (χ1n) is 6.61. The first kappa shape index (κ1) is 17.9. The molecular weight excluding hydrogens is 310 g/mol. The number of hydrogen-bond donors (Lipinski definition) is 2. The second-order valence-electron chi connectivity index (χ2n) is 5.73. The Morgan fingerprint density at radius 3 is 2.48 bits per heavy atom. The SMILES string of the molecule is CC(C)(C)C(NC(=O)CCSc1ccccc1Cl)C(=O)O. The molecule has 0 aliphatic carbocycles. The summed E-state index contributed by atoms with van der Waals surface area (Å²) in [6.45, 7) is 5.35. The Morgan fingerprint density at radius 1 is 1.33 bits per heavy atom. The van der Waals surface area contributed by atoms with Crippen molar-refractivity contribution in [2.24, 2.45) is 5.41 Å². The van der Waals surface area contributed by atoms with E-state index in [-0.39, 0.29) is 12.3 Å². The molecule has 0 aliphatic heterocycles. The minimum Gasteiger partial charge on any atom is -0.480 e. The number of hydrogen-bond acceptors (Lipinski definition) is 3. The van der Waals surface area contributed by atoms with Crippen LogP contribution in [0.5, 0.6) is 0 Å². The van der Waals surface area contributed by atoms with Crippen molar-refractivity contribution >= 4 is 35.2 Å².